The van der Waals surface area contributed by atoms with Crippen molar-refractivity contribution < 1.29 is 14.7 Å². The lowest BCUT2D eigenvalue weighted by Crippen LogP contribution is -2.44. The van der Waals surface area contributed by atoms with Crippen molar-refractivity contribution in [2.45, 2.75) is 32.2 Å². The van der Waals surface area contributed by atoms with Crippen molar-refractivity contribution in [3.05, 3.63) is 0 Å². The number of carbonyl (C=O) groups excluding carboxylic acids is 1. The molecule has 0 aliphatic heterocycles. The fourth-order valence-electron chi connectivity index (χ4n) is 2.41. The van der Waals surface area contributed by atoms with Crippen LogP contribution in [0.3, 0.4) is 0 Å². The van der Waals surface area contributed by atoms with Gasteiger partial charge < -0.3 is 15.3 Å². The first-order valence-electron chi connectivity index (χ1n) is 6.10. The van der Waals surface area contributed by atoms with Crippen LogP contribution in [0.1, 0.15) is 26.2 Å². The van der Waals surface area contributed by atoms with E-state index >= 15 is 0 Å². The van der Waals surface area contributed by atoms with E-state index in [0.29, 0.717) is 6.54 Å². The summed E-state index contributed by atoms with van der Waals surface area (Å²) in [5, 5.41) is 12.2. The third-order valence-electron chi connectivity index (χ3n) is 3.47. The number of carbonyl (C=O) groups is 2. The lowest BCUT2D eigenvalue weighted by Gasteiger charge is -2.21. The van der Waals surface area contributed by atoms with Crippen molar-refractivity contribution in [3.63, 3.8) is 0 Å². The Morgan fingerprint density at radius 3 is 2.59 bits per heavy atom. The second-order valence-corrected chi connectivity index (χ2v) is 5.00. The normalized spacial score (nSPS) is 25.6. The van der Waals surface area contributed by atoms with E-state index in [1.165, 1.54) is 0 Å². The molecule has 0 aromatic rings. The number of nitrogens with zero attached hydrogens (tertiary/aromatic N) is 1. The predicted octanol–water partition coefficient (Wildman–Crippen LogP) is 0.554. The Morgan fingerprint density at radius 1 is 1.41 bits per heavy atom. The lowest BCUT2D eigenvalue weighted by molar-refractivity contribution is -0.142. The smallest absolute Gasteiger partial charge is 0.306 e. The van der Waals surface area contributed by atoms with E-state index in [4.69, 9.17) is 5.11 Å². The molecule has 0 aromatic heterocycles. The third kappa shape index (κ3) is 3.70. The maximum absolute atomic E-state index is 11.6. The molecule has 17 heavy (non-hydrogen) atoms. The summed E-state index contributed by atoms with van der Waals surface area (Å²) in [5.74, 6) is -0.773. The summed E-state index contributed by atoms with van der Waals surface area (Å²) in [7, 11) is 3.44. The summed E-state index contributed by atoms with van der Waals surface area (Å²) in [6.07, 6.45) is 2.67. The van der Waals surface area contributed by atoms with Crippen LogP contribution in [-0.4, -0.2) is 48.6 Å². The first-order chi connectivity index (χ1) is 7.93. The molecule has 1 fully saturated rings. The molecular formula is C12H22N2O3. The highest BCUT2D eigenvalue weighted by Gasteiger charge is 2.33. The Kier molecular flexibility index (Phi) is 4.93. The summed E-state index contributed by atoms with van der Waals surface area (Å²) in [6.45, 7) is 2.42. The quantitative estimate of drug-likeness (QED) is 0.739. The topological polar surface area (TPSA) is 69.6 Å². The summed E-state index contributed by atoms with van der Waals surface area (Å²) in [6, 6.07) is -0.250. The Balaban J connectivity index is 2.40. The van der Waals surface area contributed by atoms with E-state index in [1.54, 1.807) is 19.0 Å². The average Bonchev–Trinajstić information content (AvgIpc) is 2.72. The van der Waals surface area contributed by atoms with Gasteiger partial charge in [0.05, 0.1) is 12.0 Å². The van der Waals surface area contributed by atoms with E-state index in [-0.39, 0.29) is 23.8 Å². The van der Waals surface area contributed by atoms with Gasteiger partial charge in [0.2, 0.25) is 5.91 Å². The highest BCUT2D eigenvalue weighted by molar-refractivity contribution is 5.80. The van der Waals surface area contributed by atoms with Crippen LogP contribution in [-0.2, 0) is 9.59 Å². The minimum atomic E-state index is -0.708. The average molecular weight is 242 g/mol. The second-order valence-electron chi connectivity index (χ2n) is 5.00. The first kappa shape index (κ1) is 14.0. The largest absolute Gasteiger partial charge is 0.481 e. The SMILES string of the molecule is CC(NCC1CCCC1C(=O)O)C(=O)N(C)C. The molecule has 1 aliphatic carbocycles. The minimum Gasteiger partial charge on any atom is -0.481 e. The van der Waals surface area contributed by atoms with Gasteiger partial charge in [-0.3, -0.25) is 9.59 Å². The number of rotatable bonds is 5. The molecule has 5 heteroatoms. The highest BCUT2D eigenvalue weighted by atomic mass is 16.4. The van der Waals surface area contributed by atoms with E-state index in [9.17, 15) is 9.59 Å². The van der Waals surface area contributed by atoms with Crippen molar-refractivity contribution in [1.82, 2.24) is 10.2 Å². The van der Waals surface area contributed by atoms with Crippen molar-refractivity contribution in [3.8, 4) is 0 Å². The fraction of sp³-hybridized carbons (Fsp3) is 0.833. The zero-order valence-corrected chi connectivity index (χ0v) is 10.8. The van der Waals surface area contributed by atoms with Gasteiger partial charge in [0, 0.05) is 14.1 Å². The summed E-state index contributed by atoms with van der Waals surface area (Å²) < 4.78 is 0. The Bertz CT molecular complexity index is 291. The number of aliphatic carboxylic acids is 1. The van der Waals surface area contributed by atoms with Crippen LogP contribution in [0, 0.1) is 11.8 Å². The van der Waals surface area contributed by atoms with Gasteiger partial charge in [0.1, 0.15) is 0 Å². The predicted molar refractivity (Wildman–Crippen MR) is 64.6 cm³/mol. The van der Waals surface area contributed by atoms with Gasteiger partial charge in [-0.1, -0.05) is 6.42 Å². The summed E-state index contributed by atoms with van der Waals surface area (Å²) in [5.41, 5.74) is 0. The monoisotopic (exact) mass is 242 g/mol. The van der Waals surface area contributed by atoms with Crippen LogP contribution < -0.4 is 5.32 Å². The number of nitrogens with one attached hydrogen (secondary N) is 1. The van der Waals surface area contributed by atoms with Crippen molar-refractivity contribution in [2.24, 2.45) is 11.8 Å². The number of amides is 1. The van der Waals surface area contributed by atoms with Gasteiger partial charge in [-0.15, -0.1) is 0 Å². The van der Waals surface area contributed by atoms with E-state index < -0.39 is 5.97 Å². The summed E-state index contributed by atoms with van der Waals surface area (Å²) in [4.78, 5) is 24.1. The molecule has 98 valence electrons. The number of hydrogen-bond acceptors (Lipinski definition) is 3. The highest BCUT2D eigenvalue weighted by Crippen LogP contribution is 2.31. The second kappa shape index (κ2) is 6.00. The fourth-order valence-corrected chi connectivity index (χ4v) is 2.41. The van der Waals surface area contributed by atoms with Gasteiger partial charge >= 0.3 is 5.97 Å². The maximum atomic E-state index is 11.6. The van der Waals surface area contributed by atoms with Crippen molar-refractivity contribution >= 4 is 11.9 Å². The molecule has 0 heterocycles. The molecule has 0 radical (unpaired) electrons. The molecule has 1 rings (SSSR count). The number of carboxylic acids is 1. The van der Waals surface area contributed by atoms with Gasteiger partial charge in [-0.05, 0) is 32.2 Å². The van der Waals surface area contributed by atoms with E-state index in [0.717, 1.165) is 19.3 Å². The van der Waals surface area contributed by atoms with Crippen LogP contribution in [0.25, 0.3) is 0 Å². The van der Waals surface area contributed by atoms with Gasteiger partial charge in [-0.25, -0.2) is 0 Å². The molecule has 0 aromatic carbocycles. The van der Waals surface area contributed by atoms with Crippen LogP contribution in [0.15, 0.2) is 0 Å². The molecule has 1 aliphatic rings. The molecule has 1 amide bonds. The first-order valence-corrected chi connectivity index (χ1v) is 6.10. The Morgan fingerprint density at radius 2 is 2.06 bits per heavy atom. The molecule has 0 saturated heterocycles. The zero-order valence-electron chi connectivity index (χ0n) is 10.8. The van der Waals surface area contributed by atoms with E-state index in [1.807, 2.05) is 6.92 Å². The number of hydrogen-bond donors (Lipinski definition) is 2. The maximum Gasteiger partial charge on any atom is 0.306 e. The van der Waals surface area contributed by atoms with Crippen LogP contribution in [0.5, 0.6) is 0 Å². The molecule has 5 nitrogen and oxygen atoms in total. The van der Waals surface area contributed by atoms with Gasteiger partial charge in [-0.2, -0.15) is 0 Å². The molecule has 3 unspecified atom stereocenters. The standard InChI is InChI=1S/C12H22N2O3/c1-8(11(15)14(2)3)13-7-9-5-4-6-10(9)12(16)17/h8-10,13H,4-7H2,1-3H3,(H,16,17). The molecular weight excluding hydrogens is 220 g/mol. The molecule has 3 atom stereocenters. The third-order valence-corrected chi connectivity index (χ3v) is 3.47. The minimum absolute atomic E-state index is 0.0230. The van der Waals surface area contributed by atoms with Crippen LogP contribution >= 0.6 is 0 Å². The molecule has 0 spiro atoms. The number of carboxylic acid groups (broad SMARTS) is 1. The summed E-state index contributed by atoms with van der Waals surface area (Å²) >= 11 is 0. The van der Waals surface area contributed by atoms with Crippen LogP contribution in [0.2, 0.25) is 0 Å². The van der Waals surface area contributed by atoms with Gasteiger partial charge in [0.15, 0.2) is 0 Å². The zero-order chi connectivity index (χ0) is 13.0. The molecule has 2 N–H and O–H groups in total. The van der Waals surface area contributed by atoms with Crippen molar-refractivity contribution in [1.29, 1.82) is 0 Å². The molecule has 1 saturated carbocycles. The Labute approximate surface area is 102 Å². The van der Waals surface area contributed by atoms with Gasteiger partial charge in [0.25, 0.3) is 0 Å². The molecule has 0 bridgehead atoms. The Hall–Kier alpha value is -1.10. The van der Waals surface area contributed by atoms with Crippen LogP contribution in [0.4, 0.5) is 0 Å². The lowest BCUT2D eigenvalue weighted by atomic mass is 9.96. The van der Waals surface area contributed by atoms with E-state index in [2.05, 4.69) is 5.32 Å². The number of likely N-dealkylation sites (N-methyl/N-ethyl adjacent to an activating group) is 1. The van der Waals surface area contributed by atoms with Crippen molar-refractivity contribution in [2.75, 3.05) is 20.6 Å².